The summed E-state index contributed by atoms with van der Waals surface area (Å²) in [6.45, 7) is 12.7. The normalized spacial score (nSPS) is 34.1. The van der Waals surface area contributed by atoms with Crippen molar-refractivity contribution in [2.45, 2.75) is 105 Å². The largest absolute Gasteiger partial charge is 0.507 e. The van der Waals surface area contributed by atoms with E-state index in [2.05, 4.69) is 5.32 Å². The average Bonchev–Trinajstić information content (AvgIpc) is 3.33. The summed E-state index contributed by atoms with van der Waals surface area (Å²) < 4.78 is 23.1. The van der Waals surface area contributed by atoms with Crippen LogP contribution in [0, 0.1) is 36.5 Å². The third-order valence-corrected chi connectivity index (χ3v) is 10.5. The minimum atomic E-state index is -2.02. The first kappa shape index (κ1) is 38.7. The molecule has 0 aromatic heterocycles. The Morgan fingerprint density at radius 1 is 0.960 bits per heavy atom. The van der Waals surface area contributed by atoms with Crippen molar-refractivity contribution in [3.05, 3.63) is 46.4 Å². The second-order valence-electron chi connectivity index (χ2n) is 14.1. The number of amides is 1. The highest BCUT2D eigenvalue weighted by Crippen LogP contribution is 2.48. The summed E-state index contributed by atoms with van der Waals surface area (Å²) in [5.74, 6) is -8.86. The molecule has 0 fully saturated rings. The van der Waals surface area contributed by atoms with Gasteiger partial charge in [-0.05, 0) is 31.8 Å². The van der Waals surface area contributed by atoms with Gasteiger partial charge in [0.05, 0.1) is 47.0 Å². The number of aromatic hydroxyl groups is 1. The number of ketones is 3. The molecule has 13 heteroatoms. The van der Waals surface area contributed by atoms with E-state index in [4.69, 9.17) is 18.9 Å². The Morgan fingerprint density at radius 2 is 1.62 bits per heavy atom. The molecule has 1 amide bonds. The highest BCUT2D eigenvalue weighted by Gasteiger charge is 2.51. The van der Waals surface area contributed by atoms with Gasteiger partial charge in [-0.25, -0.2) is 0 Å². The van der Waals surface area contributed by atoms with Crippen molar-refractivity contribution in [3.8, 4) is 11.5 Å². The zero-order valence-electron chi connectivity index (χ0n) is 30.1. The second-order valence-corrected chi connectivity index (χ2v) is 14.1. The zero-order valence-corrected chi connectivity index (χ0v) is 30.1. The number of phenols is 1. The summed E-state index contributed by atoms with van der Waals surface area (Å²) in [5, 5.41) is 36.3. The van der Waals surface area contributed by atoms with Gasteiger partial charge in [-0.3, -0.25) is 24.0 Å². The quantitative estimate of drug-likeness (QED) is 0.325. The predicted octanol–water partition coefficient (Wildman–Crippen LogP) is 3.93. The number of phenolic OH excluding ortho intramolecular Hbond substituents is 1. The van der Waals surface area contributed by atoms with Crippen LogP contribution < -0.4 is 10.1 Å². The number of esters is 1. The molecule has 4 N–H and O–H groups in total. The Bertz CT molecular complexity index is 1610. The third kappa shape index (κ3) is 7.22. The smallest absolute Gasteiger partial charge is 0.312 e. The number of nitrogens with one attached hydrogen (secondary N) is 1. The molecular formula is C37H49NO12. The van der Waals surface area contributed by atoms with E-state index in [1.165, 1.54) is 40.2 Å². The number of hydrogen-bond acceptors (Lipinski definition) is 12. The molecule has 13 nitrogen and oxygen atoms in total. The number of hydrogen-bond donors (Lipinski definition) is 4. The Kier molecular flexibility index (Phi) is 11.6. The summed E-state index contributed by atoms with van der Waals surface area (Å²) in [4.78, 5) is 66.4. The maximum atomic E-state index is 13.9. The van der Waals surface area contributed by atoms with E-state index < -0.39 is 94.4 Å². The molecule has 3 aliphatic heterocycles. The van der Waals surface area contributed by atoms with Crippen LogP contribution in [0.1, 0.15) is 104 Å². The molecule has 0 saturated heterocycles. The van der Waals surface area contributed by atoms with Crippen LogP contribution in [0.4, 0.5) is 0 Å². The van der Waals surface area contributed by atoms with E-state index in [1.807, 2.05) is 6.92 Å². The maximum Gasteiger partial charge on any atom is 0.312 e. The SMILES string of the molecule is CO[C@H]1C=CO[C@@]2(C)Oc3c(C)c(O)c4c(c3C2=O)C(=O)C=C(NC(=O)[C@@H](C)CCC[C@H](C)[C@H](O)[C@@H](C)[C@@H](O)[C@@H](C)[C@H](OC(C)=O)[C@@H]1C)C4=O. The maximum absolute atomic E-state index is 13.9. The van der Waals surface area contributed by atoms with E-state index >= 15 is 0 Å². The average molecular weight is 700 g/mol. The lowest BCUT2D eigenvalue weighted by Gasteiger charge is -2.38. The number of Topliss-reactive ketones (excluding diaryl/α,β-unsaturated/α-hetero) is 2. The zero-order chi connectivity index (χ0) is 37.4. The van der Waals surface area contributed by atoms with E-state index in [-0.39, 0.29) is 34.1 Å². The topological polar surface area (TPSA) is 195 Å². The van der Waals surface area contributed by atoms with Crippen molar-refractivity contribution >= 4 is 29.2 Å². The van der Waals surface area contributed by atoms with Gasteiger partial charge in [-0.2, -0.15) is 0 Å². The van der Waals surface area contributed by atoms with Crippen LogP contribution in [0.25, 0.3) is 0 Å². The summed E-state index contributed by atoms with van der Waals surface area (Å²) >= 11 is 0. The second kappa shape index (κ2) is 15.0. The number of fused-ring (bicyclic) bond motifs is 16. The number of aliphatic hydroxyl groups excluding tert-OH is 2. The van der Waals surface area contributed by atoms with Gasteiger partial charge >= 0.3 is 11.8 Å². The van der Waals surface area contributed by atoms with E-state index in [9.17, 15) is 39.3 Å². The predicted molar refractivity (Wildman–Crippen MR) is 179 cm³/mol. The van der Waals surface area contributed by atoms with Crippen LogP contribution in [0.15, 0.2) is 24.1 Å². The number of methoxy groups -OCH3 is 1. The van der Waals surface area contributed by atoms with Gasteiger partial charge in [-0.15, -0.1) is 0 Å². The molecule has 10 atom stereocenters. The van der Waals surface area contributed by atoms with Gasteiger partial charge in [0.25, 0.3) is 5.78 Å². The molecule has 5 bridgehead atoms. The fourth-order valence-electron chi connectivity index (χ4n) is 7.18. The molecule has 50 heavy (non-hydrogen) atoms. The van der Waals surface area contributed by atoms with Gasteiger partial charge in [0.1, 0.15) is 17.6 Å². The molecule has 1 aromatic carbocycles. The van der Waals surface area contributed by atoms with Crippen LogP contribution in [0.3, 0.4) is 0 Å². The van der Waals surface area contributed by atoms with E-state index in [0.717, 1.165) is 6.08 Å². The lowest BCUT2D eigenvalue weighted by atomic mass is 9.77. The minimum Gasteiger partial charge on any atom is -0.507 e. The van der Waals surface area contributed by atoms with Gasteiger partial charge < -0.3 is 39.6 Å². The lowest BCUT2D eigenvalue weighted by Crippen LogP contribution is -2.46. The number of rotatable bonds is 2. The number of allylic oxidation sites excluding steroid dienone is 2. The highest BCUT2D eigenvalue weighted by atomic mass is 16.7. The van der Waals surface area contributed by atoms with Crippen LogP contribution in [0.2, 0.25) is 0 Å². The number of benzene rings is 1. The minimum absolute atomic E-state index is 0.0294. The van der Waals surface area contributed by atoms with Crippen LogP contribution in [0.5, 0.6) is 11.5 Å². The number of carbonyl (C=O) groups excluding carboxylic acids is 5. The van der Waals surface area contributed by atoms with Crippen LogP contribution in [-0.2, 0) is 23.8 Å². The fraction of sp³-hybridized carbons (Fsp3) is 0.595. The van der Waals surface area contributed by atoms with Crippen molar-refractivity contribution in [1.82, 2.24) is 5.32 Å². The summed E-state index contributed by atoms with van der Waals surface area (Å²) in [6.07, 6.45) is 1.40. The summed E-state index contributed by atoms with van der Waals surface area (Å²) in [7, 11) is 1.43. The fourth-order valence-corrected chi connectivity index (χ4v) is 7.18. The monoisotopic (exact) mass is 699 g/mol. The molecule has 1 aliphatic carbocycles. The standard InChI is InChI=1S/C37H49NO12/c1-16-11-10-12-17(2)36(46)38-23-15-24(40)26-27(32(23)44)31(43)21(6)34-28(26)35(45)37(8,50-34)48-14-13-25(47-9)18(3)33(49-22(7)39)20(5)30(42)19(4)29(16)41/h13-20,25,29-30,33,41-43H,10-12H2,1-9H3,(H,38,46)/t16-,17-,18+,19+,20+,25-,29-,30+,33+,37-/m0/s1. The van der Waals surface area contributed by atoms with Gasteiger partial charge in [0, 0.05) is 56.3 Å². The number of carbonyl (C=O) groups is 5. The van der Waals surface area contributed by atoms with E-state index in [1.54, 1.807) is 27.7 Å². The van der Waals surface area contributed by atoms with Crippen molar-refractivity contribution in [2.75, 3.05) is 7.11 Å². The van der Waals surface area contributed by atoms with Crippen molar-refractivity contribution in [2.24, 2.45) is 29.6 Å². The molecule has 3 heterocycles. The van der Waals surface area contributed by atoms with Gasteiger partial charge in [0.15, 0.2) is 5.78 Å². The third-order valence-electron chi connectivity index (χ3n) is 10.5. The lowest BCUT2D eigenvalue weighted by molar-refractivity contribution is -0.160. The molecule has 1 aromatic rings. The first-order valence-corrected chi connectivity index (χ1v) is 17.0. The van der Waals surface area contributed by atoms with Crippen LogP contribution >= 0.6 is 0 Å². The molecule has 0 spiro atoms. The molecule has 4 aliphatic rings. The molecule has 274 valence electrons. The molecule has 0 unspecified atom stereocenters. The first-order chi connectivity index (χ1) is 23.4. The Balaban J connectivity index is 1.77. The van der Waals surface area contributed by atoms with Crippen LogP contribution in [-0.4, -0.2) is 81.9 Å². The number of ether oxygens (including phenoxy) is 4. The summed E-state index contributed by atoms with van der Waals surface area (Å²) in [6, 6.07) is 0. The first-order valence-electron chi connectivity index (χ1n) is 17.0. The molecule has 5 rings (SSSR count). The molecule has 0 saturated carbocycles. The van der Waals surface area contributed by atoms with E-state index in [0.29, 0.717) is 19.3 Å². The van der Waals surface area contributed by atoms with Crippen molar-refractivity contribution in [1.29, 1.82) is 0 Å². The number of aliphatic hydroxyl groups is 2. The molecule has 0 radical (unpaired) electrons. The van der Waals surface area contributed by atoms with Gasteiger partial charge in [0.2, 0.25) is 11.7 Å². The van der Waals surface area contributed by atoms with Crippen molar-refractivity contribution in [3.63, 3.8) is 0 Å². The van der Waals surface area contributed by atoms with Crippen molar-refractivity contribution < 1.29 is 58.2 Å². The summed E-state index contributed by atoms with van der Waals surface area (Å²) in [5.41, 5.74) is -1.29. The Morgan fingerprint density at radius 3 is 2.24 bits per heavy atom. The van der Waals surface area contributed by atoms with Gasteiger partial charge in [-0.1, -0.05) is 41.0 Å². The Hall–Kier alpha value is -4.07. The highest BCUT2D eigenvalue weighted by molar-refractivity contribution is 6.30. The Labute approximate surface area is 292 Å². The molecular weight excluding hydrogens is 650 g/mol.